The number of fused-ring (bicyclic) bond motifs is 1. The third kappa shape index (κ3) is 2.91. The van der Waals surface area contributed by atoms with Gasteiger partial charge in [-0.15, -0.1) is 11.6 Å². The normalized spacial score (nSPS) is 33.6. The molecule has 2 saturated carbocycles. The molecular formula is C13H22ClNO. The molecule has 3 atom stereocenters. The van der Waals surface area contributed by atoms with Crippen LogP contribution in [-0.2, 0) is 4.79 Å². The van der Waals surface area contributed by atoms with Crippen LogP contribution in [0.1, 0.15) is 39.5 Å². The Bertz CT molecular complexity index is 257. The van der Waals surface area contributed by atoms with E-state index in [4.69, 9.17) is 11.6 Å². The van der Waals surface area contributed by atoms with Gasteiger partial charge in [0.05, 0.1) is 0 Å². The molecule has 3 unspecified atom stereocenters. The van der Waals surface area contributed by atoms with Gasteiger partial charge in [0.1, 0.15) is 0 Å². The lowest BCUT2D eigenvalue weighted by atomic mass is 10.0. The van der Waals surface area contributed by atoms with Gasteiger partial charge in [-0.1, -0.05) is 13.8 Å². The summed E-state index contributed by atoms with van der Waals surface area (Å²) in [4.78, 5) is 12.0. The fourth-order valence-corrected chi connectivity index (χ4v) is 3.18. The smallest absolute Gasteiger partial charge is 0.223 e. The number of halogens is 1. The number of carbonyl (C=O) groups is 1. The zero-order valence-corrected chi connectivity index (χ0v) is 11.0. The third-order valence-electron chi connectivity index (χ3n) is 3.90. The van der Waals surface area contributed by atoms with Gasteiger partial charge >= 0.3 is 0 Å². The molecule has 0 aromatic carbocycles. The highest BCUT2D eigenvalue weighted by atomic mass is 35.5. The van der Waals surface area contributed by atoms with Crippen LogP contribution in [0.15, 0.2) is 0 Å². The van der Waals surface area contributed by atoms with Gasteiger partial charge in [0.15, 0.2) is 0 Å². The quantitative estimate of drug-likeness (QED) is 0.740. The van der Waals surface area contributed by atoms with E-state index >= 15 is 0 Å². The molecule has 2 fully saturated rings. The Balaban J connectivity index is 1.76. The summed E-state index contributed by atoms with van der Waals surface area (Å²) in [6, 6.07) is 0.158. The molecule has 0 aliphatic heterocycles. The lowest BCUT2D eigenvalue weighted by Gasteiger charge is -2.21. The molecule has 0 spiro atoms. The van der Waals surface area contributed by atoms with Crippen LogP contribution in [0, 0.1) is 23.7 Å². The van der Waals surface area contributed by atoms with Gasteiger partial charge in [0, 0.05) is 17.8 Å². The zero-order chi connectivity index (χ0) is 11.7. The summed E-state index contributed by atoms with van der Waals surface area (Å²) in [5, 5.41) is 3.11. The molecular weight excluding hydrogens is 222 g/mol. The molecule has 1 N–H and O–H groups in total. The molecule has 0 saturated heterocycles. The lowest BCUT2D eigenvalue weighted by Crippen LogP contribution is -2.40. The summed E-state index contributed by atoms with van der Waals surface area (Å²) in [5.41, 5.74) is 0. The van der Waals surface area contributed by atoms with Crippen LogP contribution in [0.5, 0.6) is 0 Å². The van der Waals surface area contributed by atoms with E-state index < -0.39 is 0 Å². The molecule has 2 rings (SSSR count). The first-order chi connectivity index (χ1) is 7.60. The van der Waals surface area contributed by atoms with Crippen molar-refractivity contribution in [1.29, 1.82) is 0 Å². The summed E-state index contributed by atoms with van der Waals surface area (Å²) < 4.78 is 0. The predicted molar refractivity (Wildman–Crippen MR) is 66.4 cm³/mol. The number of carbonyl (C=O) groups excluding carboxylic acids is 1. The van der Waals surface area contributed by atoms with Crippen LogP contribution < -0.4 is 5.32 Å². The van der Waals surface area contributed by atoms with Gasteiger partial charge in [0.2, 0.25) is 5.91 Å². The molecule has 0 aromatic heterocycles. The number of hydrogen-bond acceptors (Lipinski definition) is 1. The van der Waals surface area contributed by atoms with E-state index in [1.54, 1.807) is 0 Å². The van der Waals surface area contributed by atoms with Gasteiger partial charge < -0.3 is 5.32 Å². The van der Waals surface area contributed by atoms with Crippen LogP contribution >= 0.6 is 11.6 Å². The minimum Gasteiger partial charge on any atom is -0.352 e. The molecule has 0 bridgehead atoms. The highest BCUT2D eigenvalue weighted by molar-refractivity contribution is 6.18. The number of hydrogen-bond donors (Lipinski definition) is 1. The van der Waals surface area contributed by atoms with Crippen molar-refractivity contribution in [3.8, 4) is 0 Å². The topological polar surface area (TPSA) is 29.1 Å². The van der Waals surface area contributed by atoms with E-state index in [1.807, 2.05) is 0 Å². The van der Waals surface area contributed by atoms with E-state index in [2.05, 4.69) is 19.2 Å². The summed E-state index contributed by atoms with van der Waals surface area (Å²) >= 11 is 5.89. The summed E-state index contributed by atoms with van der Waals surface area (Å²) in [6.07, 6.45) is 4.59. The van der Waals surface area contributed by atoms with E-state index in [-0.39, 0.29) is 17.9 Å². The highest BCUT2D eigenvalue weighted by Gasteiger charge is 2.48. The Kier molecular flexibility index (Phi) is 3.78. The van der Waals surface area contributed by atoms with Crippen molar-refractivity contribution in [2.24, 2.45) is 23.7 Å². The van der Waals surface area contributed by atoms with Crippen LogP contribution in [0.2, 0.25) is 0 Å². The molecule has 2 aliphatic carbocycles. The minimum absolute atomic E-state index is 0.158. The van der Waals surface area contributed by atoms with E-state index in [0.717, 1.165) is 31.1 Å². The molecule has 2 nitrogen and oxygen atoms in total. The molecule has 0 aromatic rings. The average Bonchev–Trinajstić information content (AvgIpc) is 2.84. The Hall–Kier alpha value is -0.240. The predicted octanol–water partition coefficient (Wildman–Crippen LogP) is 2.80. The molecule has 92 valence electrons. The molecule has 0 radical (unpaired) electrons. The van der Waals surface area contributed by atoms with Gasteiger partial charge in [-0.25, -0.2) is 0 Å². The van der Waals surface area contributed by atoms with Crippen LogP contribution in [0.25, 0.3) is 0 Å². The fraction of sp³-hybridized carbons (Fsp3) is 0.923. The minimum atomic E-state index is 0.158. The second-order valence-electron chi connectivity index (χ2n) is 5.91. The second kappa shape index (κ2) is 4.95. The van der Waals surface area contributed by atoms with Gasteiger partial charge in [-0.2, -0.15) is 0 Å². The maximum absolute atomic E-state index is 12.0. The average molecular weight is 244 g/mol. The summed E-state index contributed by atoms with van der Waals surface area (Å²) in [5.74, 6) is 3.38. The highest BCUT2D eigenvalue weighted by Crippen LogP contribution is 2.54. The Labute approximate surface area is 103 Å². The van der Waals surface area contributed by atoms with Crippen LogP contribution in [-0.4, -0.2) is 17.8 Å². The maximum Gasteiger partial charge on any atom is 0.223 e. The van der Waals surface area contributed by atoms with Gasteiger partial charge in [-0.05, 0) is 43.4 Å². The van der Waals surface area contributed by atoms with E-state index in [0.29, 0.717) is 11.8 Å². The Morgan fingerprint density at radius 3 is 2.44 bits per heavy atom. The molecule has 2 aliphatic rings. The van der Waals surface area contributed by atoms with Crippen molar-refractivity contribution < 1.29 is 4.79 Å². The molecule has 16 heavy (non-hydrogen) atoms. The van der Waals surface area contributed by atoms with Crippen molar-refractivity contribution in [3.05, 3.63) is 0 Å². The Morgan fingerprint density at radius 2 is 1.94 bits per heavy atom. The van der Waals surface area contributed by atoms with Crippen LogP contribution in [0.4, 0.5) is 0 Å². The summed E-state index contributed by atoms with van der Waals surface area (Å²) in [7, 11) is 0. The zero-order valence-electron chi connectivity index (χ0n) is 10.2. The number of nitrogens with one attached hydrogen (secondary N) is 1. The van der Waals surface area contributed by atoms with Crippen molar-refractivity contribution >= 4 is 17.5 Å². The van der Waals surface area contributed by atoms with Gasteiger partial charge in [-0.3, -0.25) is 4.79 Å². The van der Waals surface area contributed by atoms with Crippen molar-refractivity contribution in [2.45, 2.75) is 45.6 Å². The second-order valence-corrected chi connectivity index (χ2v) is 6.22. The lowest BCUT2D eigenvalue weighted by molar-refractivity contribution is -0.125. The monoisotopic (exact) mass is 243 g/mol. The largest absolute Gasteiger partial charge is 0.352 e. The number of rotatable bonds is 5. The maximum atomic E-state index is 12.0. The molecule has 0 heterocycles. The van der Waals surface area contributed by atoms with Gasteiger partial charge in [0.25, 0.3) is 0 Å². The molecule has 1 amide bonds. The third-order valence-corrected chi connectivity index (χ3v) is 4.28. The first kappa shape index (κ1) is 12.2. The first-order valence-electron chi connectivity index (χ1n) is 6.46. The number of amides is 1. The SMILES string of the molecule is CC(C)CC(CCl)NC(=O)C1CC2CC2C1. The van der Waals surface area contributed by atoms with Crippen molar-refractivity contribution in [3.63, 3.8) is 0 Å². The Morgan fingerprint density at radius 1 is 1.31 bits per heavy atom. The van der Waals surface area contributed by atoms with Crippen molar-refractivity contribution in [2.75, 3.05) is 5.88 Å². The van der Waals surface area contributed by atoms with E-state index in [9.17, 15) is 4.79 Å². The standard InChI is InChI=1S/C13H22ClNO/c1-8(2)3-12(7-14)15-13(16)11-5-9-4-10(9)6-11/h8-12H,3-7H2,1-2H3,(H,15,16). The van der Waals surface area contributed by atoms with E-state index in [1.165, 1.54) is 6.42 Å². The molecule has 3 heteroatoms. The van der Waals surface area contributed by atoms with Crippen LogP contribution in [0.3, 0.4) is 0 Å². The van der Waals surface area contributed by atoms with Crippen molar-refractivity contribution in [1.82, 2.24) is 5.32 Å². The summed E-state index contributed by atoms with van der Waals surface area (Å²) in [6.45, 7) is 4.33. The number of alkyl halides is 1. The fourth-order valence-electron chi connectivity index (χ4n) is 2.98. The first-order valence-corrected chi connectivity index (χ1v) is 7.00.